The molecule has 1 unspecified atom stereocenters. The first kappa shape index (κ1) is 20.1. The first-order valence-electron chi connectivity index (χ1n) is 9.32. The summed E-state index contributed by atoms with van der Waals surface area (Å²) in [5.74, 6) is -0.238. The van der Waals surface area contributed by atoms with Crippen molar-refractivity contribution < 1.29 is 14.3 Å². The topological polar surface area (TPSA) is 84.1 Å². The van der Waals surface area contributed by atoms with Gasteiger partial charge in [-0.15, -0.1) is 0 Å². The van der Waals surface area contributed by atoms with Crippen molar-refractivity contribution in [2.75, 3.05) is 5.32 Å². The average molecular weight is 511 g/mol. The summed E-state index contributed by atoms with van der Waals surface area (Å²) >= 11 is 2.19. The molecule has 6 nitrogen and oxygen atoms in total. The van der Waals surface area contributed by atoms with Gasteiger partial charge in [0.1, 0.15) is 5.82 Å². The third-order valence-electron chi connectivity index (χ3n) is 4.53. The number of nitrogens with zero attached hydrogens (tertiary/aromatic N) is 1. The normalized spacial score (nSPS) is 11.8. The van der Waals surface area contributed by atoms with Gasteiger partial charge in [-0.25, -0.2) is 9.78 Å². The third-order valence-corrected chi connectivity index (χ3v) is 5.25. The standard InChI is InChI=1S/C23H18IN3O3/c1-14(22(28)25-18-10-8-17(24)9-11-18)30-23(29)16-7-12-19-20(13-16)27-21(26-19)15-5-3-2-4-6-15/h2-14H,1H3,(H,25,28)(H,26,27). The molecule has 0 aliphatic carbocycles. The highest BCUT2D eigenvalue weighted by atomic mass is 127. The number of benzene rings is 3. The zero-order chi connectivity index (χ0) is 21.1. The molecule has 30 heavy (non-hydrogen) atoms. The molecule has 0 bridgehead atoms. The van der Waals surface area contributed by atoms with Gasteiger partial charge in [0.25, 0.3) is 5.91 Å². The predicted octanol–water partition coefficient (Wildman–Crippen LogP) is 5.02. The Bertz CT molecular complexity index is 1200. The molecule has 1 amide bonds. The Hall–Kier alpha value is -3.20. The first-order chi connectivity index (χ1) is 14.5. The van der Waals surface area contributed by atoms with Crippen molar-refractivity contribution in [3.63, 3.8) is 0 Å². The lowest BCUT2D eigenvalue weighted by Crippen LogP contribution is -2.30. The number of ether oxygens (including phenoxy) is 1. The van der Waals surface area contributed by atoms with Crippen molar-refractivity contribution in [3.8, 4) is 11.4 Å². The molecule has 0 fully saturated rings. The largest absolute Gasteiger partial charge is 0.449 e. The monoisotopic (exact) mass is 511 g/mol. The molecule has 0 spiro atoms. The van der Waals surface area contributed by atoms with Gasteiger partial charge in [0.15, 0.2) is 6.10 Å². The molecular formula is C23H18IN3O3. The van der Waals surface area contributed by atoms with Crippen LogP contribution in [0.25, 0.3) is 22.4 Å². The van der Waals surface area contributed by atoms with E-state index in [9.17, 15) is 9.59 Å². The number of imidazole rings is 1. The lowest BCUT2D eigenvalue weighted by atomic mass is 10.2. The minimum atomic E-state index is -0.936. The molecule has 4 aromatic rings. The van der Waals surface area contributed by atoms with Crippen LogP contribution in [0, 0.1) is 3.57 Å². The maximum atomic E-state index is 12.5. The molecule has 3 aromatic carbocycles. The summed E-state index contributed by atoms with van der Waals surface area (Å²) in [5, 5.41) is 2.74. The molecule has 0 aliphatic heterocycles. The van der Waals surface area contributed by atoms with Crippen molar-refractivity contribution in [1.29, 1.82) is 0 Å². The van der Waals surface area contributed by atoms with Gasteiger partial charge in [0.05, 0.1) is 16.6 Å². The molecule has 0 radical (unpaired) electrons. The van der Waals surface area contributed by atoms with Crippen molar-refractivity contribution in [2.24, 2.45) is 0 Å². The Kier molecular flexibility index (Phi) is 5.80. The summed E-state index contributed by atoms with van der Waals surface area (Å²) in [6.07, 6.45) is -0.936. The Morgan fingerprint density at radius 3 is 2.50 bits per heavy atom. The summed E-state index contributed by atoms with van der Waals surface area (Å²) in [6.45, 7) is 1.54. The van der Waals surface area contributed by atoms with Crippen LogP contribution in [0.2, 0.25) is 0 Å². The zero-order valence-corrected chi connectivity index (χ0v) is 18.2. The average Bonchev–Trinajstić information content (AvgIpc) is 3.19. The summed E-state index contributed by atoms with van der Waals surface area (Å²) in [4.78, 5) is 32.6. The second kappa shape index (κ2) is 8.66. The van der Waals surface area contributed by atoms with Gasteiger partial charge in [-0.1, -0.05) is 30.3 Å². The van der Waals surface area contributed by atoms with Crippen molar-refractivity contribution in [2.45, 2.75) is 13.0 Å². The second-order valence-corrected chi connectivity index (χ2v) is 7.97. The number of rotatable bonds is 5. The lowest BCUT2D eigenvalue weighted by molar-refractivity contribution is -0.123. The summed E-state index contributed by atoms with van der Waals surface area (Å²) in [6, 6.07) is 22.2. The van der Waals surface area contributed by atoms with E-state index in [0.29, 0.717) is 11.3 Å². The fraction of sp³-hybridized carbons (Fsp3) is 0.0870. The Balaban J connectivity index is 1.45. The van der Waals surface area contributed by atoms with Crippen LogP contribution in [0.15, 0.2) is 72.8 Å². The van der Waals surface area contributed by atoms with Gasteiger partial charge < -0.3 is 15.0 Å². The van der Waals surface area contributed by atoms with Crippen molar-refractivity contribution >= 4 is 51.2 Å². The second-order valence-electron chi connectivity index (χ2n) is 6.73. The highest BCUT2D eigenvalue weighted by Crippen LogP contribution is 2.21. The first-order valence-corrected chi connectivity index (χ1v) is 10.4. The fourth-order valence-corrected chi connectivity index (χ4v) is 3.29. The van der Waals surface area contributed by atoms with Gasteiger partial charge in [-0.05, 0) is 72.0 Å². The van der Waals surface area contributed by atoms with Gasteiger partial charge in [0, 0.05) is 14.8 Å². The smallest absolute Gasteiger partial charge is 0.338 e. The summed E-state index contributed by atoms with van der Waals surface area (Å²) in [7, 11) is 0. The van der Waals surface area contributed by atoms with Crippen LogP contribution in [0.3, 0.4) is 0 Å². The molecule has 4 rings (SSSR count). The van der Waals surface area contributed by atoms with Crippen LogP contribution < -0.4 is 5.32 Å². The number of fused-ring (bicyclic) bond motifs is 1. The van der Waals surface area contributed by atoms with Crippen LogP contribution in [-0.2, 0) is 9.53 Å². The number of aromatic nitrogens is 2. The highest BCUT2D eigenvalue weighted by molar-refractivity contribution is 14.1. The minimum absolute atomic E-state index is 0.347. The van der Waals surface area contributed by atoms with E-state index in [1.54, 1.807) is 37.3 Å². The van der Waals surface area contributed by atoms with E-state index >= 15 is 0 Å². The third kappa shape index (κ3) is 4.51. The maximum absolute atomic E-state index is 12.5. The number of carbonyl (C=O) groups is 2. The van der Waals surface area contributed by atoms with E-state index in [2.05, 4.69) is 37.9 Å². The maximum Gasteiger partial charge on any atom is 0.338 e. The lowest BCUT2D eigenvalue weighted by Gasteiger charge is -2.13. The quantitative estimate of drug-likeness (QED) is 0.291. The molecule has 2 N–H and O–H groups in total. The van der Waals surface area contributed by atoms with E-state index < -0.39 is 18.0 Å². The summed E-state index contributed by atoms with van der Waals surface area (Å²) < 4.78 is 6.41. The number of hydrogen-bond acceptors (Lipinski definition) is 4. The molecule has 0 saturated carbocycles. The van der Waals surface area contributed by atoms with E-state index in [-0.39, 0.29) is 0 Å². The Morgan fingerprint density at radius 2 is 1.77 bits per heavy atom. The van der Waals surface area contributed by atoms with Crippen LogP contribution in [-0.4, -0.2) is 27.9 Å². The molecule has 150 valence electrons. The number of aromatic amines is 1. The van der Waals surface area contributed by atoms with Crippen molar-refractivity contribution in [1.82, 2.24) is 9.97 Å². The number of anilines is 1. The zero-order valence-electron chi connectivity index (χ0n) is 16.1. The number of amides is 1. The Morgan fingerprint density at radius 1 is 1.03 bits per heavy atom. The van der Waals surface area contributed by atoms with Crippen LogP contribution in [0.4, 0.5) is 5.69 Å². The summed E-state index contributed by atoms with van der Waals surface area (Å²) in [5.41, 5.74) is 3.42. The van der Waals surface area contributed by atoms with Gasteiger partial charge in [-0.3, -0.25) is 4.79 Å². The van der Waals surface area contributed by atoms with Crippen molar-refractivity contribution in [3.05, 3.63) is 81.9 Å². The SMILES string of the molecule is CC(OC(=O)c1ccc2nc(-c3ccccc3)[nH]c2c1)C(=O)Nc1ccc(I)cc1. The number of halogens is 1. The molecule has 1 aromatic heterocycles. The fourth-order valence-electron chi connectivity index (χ4n) is 2.93. The minimum Gasteiger partial charge on any atom is -0.449 e. The van der Waals surface area contributed by atoms with Crippen LogP contribution in [0.5, 0.6) is 0 Å². The van der Waals surface area contributed by atoms with Gasteiger partial charge in [0.2, 0.25) is 0 Å². The number of carbonyl (C=O) groups excluding carboxylic acids is 2. The number of esters is 1. The number of nitrogens with one attached hydrogen (secondary N) is 2. The Labute approximate surface area is 186 Å². The molecule has 0 saturated heterocycles. The van der Waals surface area contributed by atoms with Gasteiger partial charge in [-0.2, -0.15) is 0 Å². The number of hydrogen-bond donors (Lipinski definition) is 2. The molecule has 7 heteroatoms. The molecule has 0 aliphatic rings. The van der Waals surface area contributed by atoms with Crippen LogP contribution in [0.1, 0.15) is 17.3 Å². The highest BCUT2D eigenvalue weighted by Gasteiger charge is 2.20. The predicted molar refractivity (Wildman–Crippen MR) is 124 cm³/mol. The van der Waals surface area contributed by atoms with Gasteiger partial charge >= 0.3 is 5.97 Å². The van der Waals surface area contributed by atoms with E-state index in [4.69, 9.17) is 4.74 Å². The van der Waals surface area contributed by atoms with Crippen LogP contribution >= 0.6 is 22.6 Å². The van der Waals surface area contributed by atoms with E-state index in [0.717, 1.165) is 26.0 Å². The molecule has 1 atom stereocenters. The van der Waals surface area contributed by atoms with E-state index in [1.165, 1.54) is 0 Å². The van der Waals surface area contributed by atoms with E-state index in [1.807, 2.05) is 42.5 Å². The molecular weight excluding hydrogens is 493 g/mol. The molecule has 1 heterocycles. The number of H-pyrrole nitrogens is 1.